The molecule has 0 spiro atoms. The number of sulfonamides is 1. The smallest absolute Gasteiger partial charge is 0.227 e. The summed E-state index contributed by atoms with van der Waals surface area (Å²) in [5, 5.41) is 2.61. The molecule has 1 aromatic rings. The van der Waals surface area contributed by atoms with Crippen molar-refractivity contribution in [3.8, 4) is 0 Å². The second-order valence-electron chi connectivity index (χ2n) is 8.09. The molecule has 1 saturated heterocycles. The number of likely N-dealkylation sites (tertiary alicyclic amines) is 1. The molecule has 0 bridgehead atoms. The Morgan fingerprint density at radius 2 is 2.00 bits per heavy atom. The highest BCUT2D eigenvalue weighted by Crippen LogP contribution is 2.49. The number of fused-ring (bicyclic) bond motifs is 1. The van der Waals surface area contributed by atoms with E-state index in [1.807, 2.05) is 18.2 Å². The number of nitrogens with zero attached hydrogens (tertiary/aromatic N) is 1. The monoisotopic (exact) mass is 377 g/mol. The van der Waals surface area contributed by atoms with Crippen LogP contribution in [-0.2, 0) is 21.4 Å². The maximum absolute atomic E-state index is 12.8. The van der Waals surface area contributed by atoms with Crippen LogP contribution in [0.1, 0.15) is 31.2 Å². The third-order valence-electron chi connectivity index (χ3n) is 6.17. The second kappa shape index (κ2) is 6.62. The Morgan fingerprint density at radius 3 is 2.65 bits per heavy atom. The van der Waals surface area contributed by atoms with Gasteiger partial charge in [-0.25, -0.2) is 13.1 Å². The lowest BCUT2D eigenvalue weighted by atomic mass is 9.80. The van der Waals surface area contributed by atoms with Gasteiger partial charge in [0.05, 0.1) is 10.7 Å². The van der Waals surface area contributed by atoms with Gasteiger partial charge in [-0.3, -0.25) is 9.69 Å². The van der Waals surface area contributed by atoms with Crippen molar-refractivity contribution in [3.63, 3.8) is 0 Å². The summed E-state index contributed by atoms with van der Waals surface area (Å²) in [5.74, 6) is 0.240. The van der Waals surface area contributed by atoms with Crippen LogP contribution in [0.5, 0.6) is 0 Å². The topological polar surface area (TPSA) is 78.5 Å². The van der Waals surface area contributed by atoms with E-state index in [1.165, 1.54) is 5.56 Å². The van der Waals surface area contributed by atoms with E-state index >= 15 is 0 Å². The van der Waals surface area contributed by atoms with Crippen LogP contribution < -0.4 is 10.0 Å². The first-order valence-corrected chi connectivity index (χ1v) is 11.0. The zero-order chi connectivity index (χ0) is 18.4. The molecule has 4 rings (SSSR count). The lowest BCUT2D eigenvalue weighted by Crippen LogP contribution is -2.44. The number of carbonyl (C=O) groups excluding carboxylic acids is 1. The maximum atomic E-state index is 12.8. The van der Waals surface area contributed by atoms with Crippen LogP contribution in [-0.4, -0.2) is 50.7 Å². The predicted octanol–water partition coefficient (Wildman–Crippen LogP) is 1.10. The molecule has 2 aliphatic carbocycles. The summed E-state index contributed by atoms with van der Waals surface area (Å²) in [7, 11) is -1.54. The number of benzene rings is 1. The summed E-state index contributed by atoms with van der Waals surface area (Å²) in [5.41, 5.74) is 0.755. The van der Waals surface area contributed by atoms with Crippen LogP contribution >= 0.6 is 0 Å². The fourth-order valence-corrected chi connectivity index (χ4v) is 6.43. The molecule has 2 N–H and O–H groups in total. The van der Waals surface area contributed by atoms with E-state index in [2.05, 4.69) is 27.1 Å². The molecule has 1 amide bonds. The molecule has 6 nitrogen and oxygen atoms in total. The Balaban J connectivity index is 1.48. The Bertz CT molecular complexity index is 778. The van der Waals surface area contributed by atoms with E-state index in [9.17, 15) is 13.2 Å². The first-order valence-electron chi connectivity index (χ1n) is 9.42. The molecule has 142 valence electrons. The van der Waals surface area contributed by atoms with Gasteiger partial charge < -0.3 is 5.32 Å². The van der Waals surface area contributed by atoms with Crippen LogP contribution in [0.25, 0.3) is 0 Å². The first kappa shape index (κ1) is 17.9. The van der Waals surface area contributed by atoms with Gasteiger partial charge in [0.15, 0.2) is 0 Å². The van der Waals surface area contributed by atoms with Crippen molar-refractivity contribution < 1.29 is 13.2 Å². The fraction of sp³-hybridized carbons (Fsp3) is 0.632. The second-order valence-corrected chi connectivity index (χ2v) is 10.1. The zero-order valence-electron chi connectivity index (χ0n) is 15.1. The number of carbonyl (C=O) groups is 1. The van der Waals surface area contributed by atoms with Gasteiger partial charge in [-0.2, -0.15) is 0 Å². The molecule has 1 heterocycles. The maximum Gasteiger partial charge on any atom is 0.227 e. The van der Waals surface area contributed by atoms with Gasteiger partial charge in [0.1, 0.15) is 0 Å². The van der Waals surface area contributed by atoms with Crippen molar-refractivity contribution in [3.05, 3.63) is 35.9 Å². The minimum atomic E-state index is -3.22. The number of nitrogens with one attached hydrogen (secondary N) is 2. The van der Waals surface area contributed by atoms with Gasteiger partial charge in [-0.05, 0) is 37.2 Å². The summed E-state index contributed by atoms with van der Waals surface area (Å²) in [4.78, 5) is 15.1. The lowest BCUT2D eigenvalue weighted by Gasteiger charge is -2.27. The number of hydrogen-bond donors (Lipinski definition) is 2. The third kappa shape index (κ3) is 3.28. The van der Waals surface area contributed by atoms with Gasteiger partial charge in [-0.15, -0.1) is 0 Å². The van der Waals surface area contributed by atoms with Gasteiger partial charge in [0, 0.05) is 32.7 Å². The molecule has 1 aliphatic heterocycles. The lowest BCUT2D eigenvalue weighted by molar-refractivity contribution is -0.131. The highest BCUT2D eigenvalue weighted by molar-refractivity contribution is 7.90. The average molecular weight is 378 g/mol. The third-order valence-corrected chi connectivity index (χ3v) is 8.18. The van der Waals surface area contributed by atoms with Gasteiger partial charge in [-0.1, -0.05) is 30.3 Å². The van der Waals surface area contributed by atoms with Crippen molar-refractivity contribution in [1.82, 2.24) is 14.9 Å². The van der Waals surface area contributed by atoms with Crippen LogP contribution in [0, 0.1) is 11.3 Å². The Labute approximate surface area is 155 Å². The highest BCUT2D eigenvalue weighted by atomic mass is 32.2. The predicted molar refractivity (Wildman–Crippen MR) is 99.8 cm³/mol. The van der Waals surface area contributed by atoms with E-state index in [1.54, 1.807) is 7.05 Å². The largest absolute Gasteiger partial charge is 0.359 e. The number of amides is 1. The summed E-state index contributed by atoms with van der Waals surface area (Å²) in [6.07, 6.45) is 2.85. The number of hydrogen-bond acceptors (Lipinski definition) is 4. The molecule has 1 aromatic carbocycles. The fourth-order valence-electron chi connectivity index (χ4n) is 4.83. The van der Waals surface area contributed by atoms with Crippen LogP contribution in [0.15, 0.2) is 30.3 Å². The number of rotatable bonds is 6. The molecule has 7 heteroatoms. The normalized spacial score (nSPS) is 31.7. The van der Waals surface area contributed by atoms with Crippen molar-refractivity contribution in [2.45, 2.75) is 43.5 Å². The van der Waals surface area contributed by atoms with Crippen LogP contribution in [0.4, 0.5) is 0 Å². The molecule has 0 radical (unpaired) electrons. The standard InChI is InChI=1S/C19H27N3O3S/c1-20-18(23)19-10-16(21-26(24,25)17-7-8-17)9-15(19)12-22(13-19)11-14-5-3-2-4-6-14/h2-6,15-17,21H,7-13H2,1H3,(H,20,23)/t15-,16-,19-/m0/s1. The Kier molecular flexibility index (Phi) is 4.57. The van der Waals surface area contributed by atoms with E-state index in [0.29, 0.717) is 13.0 Å². The molecule has 26 heavy (non-hydrogen) atoms. The SMILES string of the molecule is CNC(=O)[C@]12C[C@@H](NS(=O)(=O)C3CC3)C[C@H]1CN(Cc1ccccc1)C2. The van der Waals surface area contributed by atoms with Gasteiger partial charge in [0.25, 0.3) is 0 Å². The van der Waals surface area contributed by atoms with Crippen molar-refractivity contribution in [2.75, 3.05) is 20.1 Å². The Morgan fingerprint density at radius 1 is 1.27 bits per heavy atom. The van der Waals surface area contributed by atoms with E-state index in [4.69, 9.17) is 0 Å². The van der Waals surface area contributed by atoms with E-state index in [0.717, 1.165) is 32.4 Å². The summed E-state index contributed by atoms with van der Waals surface area (Å²) in [6.45, 7) is 2.35. The summed E-state index contributed by atoms with van der Waals surface area (Å²) < 4.78 is 27.5. The molecule has 0 aromatic heterocycles. The minimum absolute atomic E-state index is 0.0474. The van der Waals surface area contributed by atoms with E-state index < -0.39 is 15.4 Å². The van der Waals surface area contributed by atoms with Gasteiger partial charge in [0.2, 0.25) is 15.9 Å². The molecular weight excluding hydrogens is 350 g/mol. The van der Waals surface area contributed by atoms with Crippen LogP contribution in [0.2, 0.25) is 0 Å². The molecule has 2 saturated carbocycles. The first-order chi connectivity index (χ1) is 12.4. The van der Waals surface area contributed by atoms with Crippen molar-refractivity contribution in [2.24, 2.45) is 11.3 Å². The van der Waals surface area contributed by atoms with Crippen molar-refractivity contribution >= 4 is 15.9 Å². The molecule has 0 unspecified atom stereocenters. The zero-order valence-corrected chi connectivity index (χ0v) is 16.0. The summed E-state index contributed by atoms with van der Waals surface area (Å²) >= 11 is 0. The molecule has 3 fully saturated rings. The average Bonchev–Trinajstić information content (AvgIpc) is 3.35. The van der Waals surface area contributed by atoms with E-state index in [-0.39, 0.29) is 23.1 Å². The van der Waals surface area contributed by atoms with Crippen molar-refractivity contribution in [1.29, 1.82) is 0 Å². The molecular formula is C19H27N3O3S. The quantitative estimate of drug-likeness (QED) is 0.778. The highest BCUT2D eigenvalue weighted by Gasteiger charge is 2.57. The molecule has 3 aliphatic rings. The summed E-state index contributed by atoms with van der Waals surface area (Å²) in [6, 6.07) is 10.2. The van der Waals surface area contributed by atoms with Crippen LogP contribution in [0.3, 0.4) is 0 Å². The minimum Gasteiger partial charge on any atom is -0.359 e. The van der Waals surface area contributed by atoms with Gasteiger partial charge >= 0.3 is 0 Å². The Hall–Kier alpha value is -1.44. The molecule has 3 atom stereocenters.